The zero-order valence-electron chi connectivity index (χ0n) is 22.7. The van der Waals surface area contributed by atoms with Gasteiger partial charge in [0.05, 0.1) is 27.4 Å². The van der Waals surface area contributed by atoms with E-state index in [2.05, 4.69) is 34.3 Å². The monoisotopic (exact) mass is 640 g/mol. The number of ether oxygens (including phenoxy) is 1. The lowest BCUT2D eigenvalue weighted by atomic mass is 9.81. The number of rotatable bonds is 5. The van der Waals surface area contributed by atoms with E-state index >= 15 is 0 Å². The summed E-state index contributed by atoms with van der Waals surface area (Å²) in [6.45, 7) is 0.875. The van der Waals surface area contributed by atoms with E-state index in [1.165, 1.54) is 6.07 Å². The molecule has 1 unspecified atom stereocenters. The second-order valence-corrected chi connectivity index (χ2v) is 12.0. The van der Waals surface area contributed by atoms with Crippen LogP contribution in [0.5, 0.6) is 0 Å². The Morgan fingerprint density at radius 3 is 2.02 bits per heavy atom. The maximum atomic E-state index is 14.5. The summed E-state index contributed by atoms with van der Waals surface area (Å²) >= 11 is 11.6. The Balaban J connectivity index is 1.17. The van der Waals surface area contributed by atoms with Gasteiger partial charge in [-0.1, -0.05) is 101 Å². The summed E-state index contributed by atoms with van der Waals surface area (Å²) in [4.78, 5) is 20.4. The Hall–Kier alpha value is -3.92. The molecular weight excluding hydrogens is 619 g/mol. The molecule has 7 rings (SSSR count). The summed E-state index contributed by atoms with van der Waals surface area (Å²) < 4.78 is 63.4. The number of nitrogens with zero attached hydrogens (tertiary/aromatic N) is 2. The molecule has 4 aromatic carbocycles. The van der Waals surface area contributed by atoms with Gasteiger partial charge in [-0.05, 0) is 29.3 Å². The van der Waals surface area contributed by atoms with Crippen LogP contribution in [0, 0.1) is 5.82 Å². The number of esters is 1. The first-order valence-corrected chi connectivity index (χ1v) is 14.5. The van der Waals surface area contributed by atoms with Crippen molar-refractivity contribution in [2.75, 3.05) is 13.1 Å². The summed E-state index contributed by atoms with van der Waals surface area (Å²) in [5.74, 6) is -1.59. The number of alkyl halides is 3. The Morgan fingerprint density at radius 1 is 0.864 bits per heavy atom. The molecule has 1 saturated heterocycles. The third-order valence-electron chi connectivity index (χ3n) is 8.50. The van der Waals surface area contributed by atoms with Gasteiger partial charge in [-0.15, -0.1) is 0 Å². The molecular formula is C33H22Cl2F4N2O3. The number of halogens is 6. The maximum absolute atomic E-state index is 14.5. The Kier molecular flexibility index (Phi) is 6.77. The van der Waals surface area contributed by atoms with Gasteiger partial charge in [0.25, 0.3) is 5.60 Å². The van der Waals surface area contributed by atoms with Gasteiger partial charge in [-0.2, -0.15) is 13.2 Å². The highest BCUT2D eigenvalue weighted by Crippen LogP contribution is 2.51. The molecule has 1 atom stereocenters. The first-order chi connectivity index (χ1) is 21.0. The highest BCUT2D eigenvalue weighted by atomic mass is 35.5. The minimum absolute atomic E-state index is 0.0427. The fraction of sp³-hybridized carbons (Fsp3) is 0.212. The van der Waals surface area contributed by atoms with Gasteiger partial charge in [0.1, 0.15) is 0 Å². The summed E-state index contributed by atoms with van der Waals surface area (Å²) in [6.07, 6.45) is -5.69. The molecule has 11 heteroatoms. The van der Waals surface area contributed by atoms with Crippen molar-refractivity contribution in [3.05, 3.63) is 140 Å². The van der Waals surface area contributed by atoms with Crippen molar-refractivity contribution in [3.63, 3.8) is 0 Å². The van der Waals surface area contributed by atoms with Gasteiger partial charge < -0.3 is 9.57 Å². The standard InChI is InChI=1S/C33H22Cl2F4N2O3/c34-25-14-22(15-26(35)28(25)36)32(33(37,38)39)16-27(40-44-32)21-11-12-24-23(13-21)30(42)43-31(24)17-41(18-31)29(19-7-3-1-4-8-19)20-9-5-2-6-10-20/h1-15,29H,16-18H2. The molecule has 3 aliphatic heterocycles. The van der Waals surface area contributed by atoms with E-state index in [0.717, 1.165) is 23.3 Å². The van der Waals surface area contributed by atoms with Crippen molar-refractivity contribution in [3.8, 4) is 0 Å². The molecule has 0 aromatic heterocycles. The zero-order valence-corrected chi connectivity index (χ0v) is 24.3. The molecule has 3 aliphatic rings. The van der Waals surface area contributed by atoms with Gasteiger partial charge in [0.2, 0.25) is 0 Å². The maximum Gasteiger partial charge on any atom is 0.435 e. The summed E-state index contributed by atoms with van der Waals surface area (Å²) in [6, 6.07) is 26.5. The number of hydrogen-bond acceptors (Lipinski definition) is 5. The second kappa shape index (κ2) is 10.3. The van der Waals surface area contributed by atoms with Crippen molar-refractivity contribution < 1.29 is 31.9 Å². The fourth-order valence-corrected chi connectivity index (χ4v) is 6.82. The molecule has 0 bridgehead atoms. The van der Waals surface area contributed by atoms with E-state index in [1.54, 1.807) is 12.1 Å². The quantitative estimate of drug-likeness (QED) is 0.125. The Morgan fingerprint density at radius 2 is 1.45 bits per heavy atom. The van der Waals surface area contributed by atoms with Crippen LogP contribution in [0.15, 0.2) is 96.2 Å². The first-order valence-electron chi connectivity index (χ1n) is 13.7. The molecule has 5 nitrogen and oxygen atoms in total. The number of likely N-dealkylation sites (tertiary alicyclic amines) is 1. The van der Waals surface area contributed by atoms with E-state index in [4.69, 9.17) is 32.8 Å². The largest absolute Gasteiger partial charge is 0.448 e. The van der Waals surface area contributed by atoms with Crippen molar-refractivity contribution in [1.82, 2.24) is 4.90 Å². The molecule has 1 spiro atoms. The van der Waals surface area contributed by atoms with Crippen molar-refractivity contribution in [2.24, 2.45) is 5.16 Å². The molecule has 4 aromatic rings. The van der Waals surface area contributed by atoms with Crippen LogP contribution in [-0.2, 0) is 20.8 Å². The highest BCUT2D eigenvalue weighted by molar-refractivity contribution is 6.35. The fourth-order valence-electron chi connectivity index (χ4n) is 6.34. The SMILES string of the molecule is O=C1OC2(CN(C(c3ccccc3)c3ccccc3)C2)c2ccc(C3=NOC(c4cc(Cl)c(F)c(Cl)c4)(C(F)(F)F)C3)cc21. The van der Waals surface area contributed by atoms with Crippen LogP contribution >= 0.6 is 23.2 Å². The van der Waals surface area contributed by atoms with E-state index in [-0.39, 0.29) is 22.9 Å². The third kappa shape index (κ3) is 4.48. The second-order valence-electron chi connectivity index (χ2n) is 11.2. The van der Waals surface area contributed by atoms with E-state index in [1.807, 2.05) is 36.4 Å². The predicted molar refractivity (Wildman–Crippen MR) is 156 cm³/mol. The van der Waals surface area contributed by atoms with Gasteiger partial charge in [0.15, 0.2) is 11.4 Å². The van der Waals surface area contributed by atoms with Gasteiger partial charge in [-0.3, -0.25) is 4.90 Å². The van der Waals surface area contributed by atoms with Crippen LogP contribution in [0.25, 0.3) is 0 Å². The third-order valence-corrected chi connectivity index (χ3v) is 9.05. The van der Waals surface area contributed by atoms with Gasteiger partial charge in [-0.25, -0.2) is 9.18 Å². The lowest BCUT2D eigenvalue weighted by Gasteiger charge is -2.50. The summed E-state index contributed by atoms with van der Waals surface area (Å²) in [5.41, 5.74) is -0.945. The lowest BCUT2D eigenvalue weighted by Crippen LogP contribution is -2.60. The average molecular weight is 641 g/mol. The van der Waals surface area contributed by atoms with E-state index in [9.17, 15) is 22.4 Å². The van der Waals surface area contributed by atoms with E-state index < -0.39 is 51.2 Å². The predicted octanol–water partition coefficient (Wildman–Crippen LogP) is 8.19. The highest BCUT2D eigenvalue weighted by Gasteiger charge is 2.63. The number of carbonyl (C=O) groups excluding carboxylic acids is 1. The number of carbonyl (C=O) groups is 1. The van der Waals surface area contributed by atoms with Crippen LogP contribution < -0.4 is 0 Å². The minimum Gasteiger partial charge on any atom is -0.448 e. The number of oxime groups is 1. The van der Waals surface area contributed by atoms with Crippen LogP contribution in [0.1, 0.15) is 50.6 Å². The zero-order chi connectivity index (χ0) is 30.9. The van der Waals surface area contributed by atoms with Crippen molar-refractivity contribution >= 4 is 34.9 Å². The topological polar surface area (TPSA) is 51.1 Å². The molecule has 0 aliphatic carbocycles. The Labute approximate surface area is 259 Å². The summed E-state index contributed by atoms with van der Waals surface area (Å²) in [7, 11) is 0. The smallest absolute Gasteiger partial charge is 0.435 e. The summed E-state index contributed by atoms with van der Waals surface area (Å²) in [5, 5.41) is 2.62. The van der Waals surface area contributed by atoms with Crippen molar-refractivity contribution in [1.29, 1.82) is 0 Å². The number of benzene rings is 4. The molecule has 0 amide bonds. The first kappa shape index (κ1) is 28.8. The molecule has 3 heterocycles. The van der Waals surface area contributed by atoms with Gasteiger partial charge in [0, 0.05) is 36.2 Å². The Bertz CT molecular complexity index is 1750. The molecule has 224 valence electrons. The molecule has 0 N–H and O–H groups in total. The van der Waals surface area contributed by atoms with Crippen LogP contribution in [0.3, 0.4) is 0 Å². The lowest BCUT2D eigenvalue weighted by molar-refractivity contribution is -0.275. The average Bonchev–Trinajstić information content (AvgIpc) is 3.58. The molecule has 0 radical (unpaired) electrons. The van der Waals surface area contributed by atoms with Crippen molar-refractivity contribution in [2.45, 2.75) is 29.8 Å². The van der Waals surface area contributed by atoms with E-state index in [0.29, 0.717) is 18.7 Å². The number of hydrogen-bond donors (Lipinski definition) is 0. The number of fused-ring (bicyclic) bond motifs is 2. The normalized spacial score (nSPS) is 20.7. The molecule has 0 saturated carbocycles. The van der Waals surface area contributed by atoms with Crippen LogP contribution in [-0.4, -0.2) is 35.8 Å². The molecule has 44 heavy (non-hydrogen) atoms. The van der Waals surface area contributed by atoms with Crippen LogP contribution in [0.2, 0.25) is 10.0 Å². The minimum atomic E-state index is -4.95. The van der Waals surface area contributed by atoms with Gasteiger partial charge >= 0.3 is 12.1 Å². The van der Waals surface area contributed by atoms with Crippen LogP contribution in [0.4, 0.5) is 17.6 Å². The molecule has 1 fully saturated rings.